The predicted octanol–water partition coefficient (Wildman–Crippen LogP) is 6.64. The third-order valence-electron chi connectivity index (χ3n) is 5.17. The number of methoxy groups -OCH3 is 1. The number of benzene rings is 2. The lowest BCUT2D eigenvalue weighted by atomic mass is 9.91. The second-order valence-corrected chi connectivity index (χ2v) is 7.86. The number of carbonyl (C=O) groups is 1. The van der Waals surface area contributed by atoms with Gasteiger partial charge in [-0.15, -0.1) is 0 Å². The fraction of sp³-hybridized carbons (Fsp3) is 0.296. The van der Waals surface area contributed by atoms with Crippen molar-refractivity contribution in [3.05, 3.63) is 88.5 Å². The molecule has 0 fully saturated rings. The normalized spacial score (nSPS) is 12.9. The molecule has 0 aliphatic rings. The van der Waals surface area contributed by atoms with Crippen LogP contribution in [0.2, 0.25) is 0 Å². The third-order valence-corrected chi connectivity index (χ3v) is 5.17. The summed E-state index contributed by atoms with van der Waals surface area (Å²) in [5.74, 6) is 0.251. The van der Waals surface area contributed by atoms with Crippen LogP contribution in [0.1, 0.15) is 50.6 Å². The maximum Gasteiger partial charge on any atom is 0.261 e. The monoisotopic (exact) mass is 421 g/mol. The second kappa shape index (κ2) is 10.8. The van der Waals surface area contributed by atoms with Gasteiger partial charge in [-0.3, -0.25) is 4.79 Å². The van der Waals surface area contributed by atoms with Crippen LogP contribution in [0.4, 0.5) is 4.39 Å². The summed E-state index contributed by atoms with van der Waals surface area (Å²) in [6.07, 6.45) is 2.51. The molecule has 2 aromatic rings. The molecule has 0 saturated carbocycles. The molecule has 0 spiro atoms. The molecular weight excluding hydrogens is 389 g/mol. The van der Waals surface area contributed by atoms with Crippen molar-refractivity contribution in [2.24, 2.45) is 0 Å². The van der Waals surface area contributed by atoms with Crippen molar-refractivity contribution >= 4 is 17.1 Å². The molecule has 164 valence electrons. The molecule has 1 amide bonds. The van der Waals surface area contributed by atoms with Gasteiger partial charge >= 0.3 is 0 Å². The van der Waals surface area contributed by atoms with Crippen molar-refractivity contribution in [3.8, 4) is 5.75 Å². The number of likely N-dealkylation sites (N-methyl/N-ethyl adjacent to an activating group) is 1. The van der Waals surface area contributed by atoms with Crippen LogP contribution >= 0.6 is 0 Å². The standard InChI is InChI=1S/C27H32FNO2/c1-8-22(23-14-9-10-15-25(23)31-7)24(18(2)3)16-19(4)20-12-11-13-21(17-20)26(28)27(30)29(5)6/h8-17,26H,1-7H3/b19-16+,22-8-. The molecule has 0 radical (unpaired) electrons. The first-order valence-corrected chi connectivity index (χ1v) is 10.3. The minimum Gasteiger partial charge on any atom is -0.496 e. The molecule has 0 aromatic heterocycles. The van der Waals surface area contributed by atoms with Crippen molar-refractivity contribution in [2.75, 3.05) is 21.2 Å². The Kier molecular flexibility index (Phi) is 8.38. The Morgan fingerprint density at radius 2 is 1.74 bits per heavy atom. The number of halogens is 1. The minimum absolute atomic E-state index is 0.360. The maximum atomic E-state index is 14.7. The molecule has 0 aliphatic heterocycles. The molecule has 0 aliphatic carbocycles. The summed E-state index contributed by atoms with van der Waals surface area (Å²) >= 11 is 0. The highest BCUT2D eigenvalue weighted by Crippen LogP contribution is 2.35. The van der Waals surface area contributed by atoms with E-state index in [1.807, 2.05) is 44.2 Å². The smallest absolute Gasteiger partial charge is 0.261 e. The van der Waals surface area contributed by atoms with E-state index >= 15 is 0 Å². The molecule has 1 unspecified atom stereocenters. The molecule has 3 nitrogen and oxygen atoms in total. The van der Waals surface area contributed by atoms with Crippen LogP contribution in [-0.4, -0.2) is 32.0 Å². The van der Waals surface area contributed by atoms with Crippen molar-refractivity contribution in [2.45, 2.75) is 33.9 Å². The fourth-order valence-electron chi connectivity index (χ4n) is 3.43. The highest BCUT2D eigenvalue weighted by atomic mass is 19.1. The van der Waals surface area contributed by atoms with Gasteiger partial charge in [0.2, 0.25) is 6.17 Å². The van der Waals surface area contributed by atoms with E-state index in [0.717, 1.165) is 39.2 Å². The fourth-order valence-corrected chi connectivity index (χ4v) is 3.43. The zero-order chi connectivity index (χ0) is 23.1. The number of nitrogens with zero attached hydrogens (tertiary/aromatic N) is 1. The number of carbonyl (C=O) groups excluding carboxylic acids is 1. The molecule has 31 heavy (non-hydrogen) atoms. The van der Waals surface area contributed by atoms with Gasteiger partial charge < -0.3 is 9.64 Å². The zero-order valence-corrected chi connectivity index (χ0v) is 19.5. The SMILES string of the molecule is C/C=C(\C(/C=C(\C)c1cccc(C(F)C(=O)N(C)C)c1)=C(C)C)c1ccccc1OC. The maximum absolute atomic E-state index is 14.7. The Labute approximate surface area is 185 Å². The summed E-state index contributed by atoms with van der Waals surface area (Å²) in [6.45, 7) is 8.15. The third kappa shape index (κ3) is 5.72. The molecule has 2 aromatic carbocycles. The summed E-state index contributed by atoms with van der Waals surface area (Å²) in [4.78, 5) is 13.3. The summed E-state index contributed by atoms with van der Waals surface area (Å²) in [5, 5.41) is 0. The van der Waals surface area contributed by atoms with Gasteiger partial charge in [-0.1, -0.05) is 54.1 Å². The molecule has 0 saturated heterocycles. The van der Waals surface area contributed by atoms with Crippen molar-refractivity contribution < 1.29 is 13.9 Å². The quantitative estimate of drug-likeness (QED) is 0.469. The van der Waals surface area contributed by atoms with Crippen molar-refractivity contribution in [3.63, 3.8) is 0 Å². The summed E-state index contributed by atoms with van der Waals surface area (Å²) in [6, 6.07) is 15.1. The first-order valence-electron chi connectivity index (χ1n) is 10.3. The lowest BCUT2D eigenvalue weighted by Crippen LogP contribution is -2.26. The van der Waals surface area contributed by atoms with Gasteiger partial charge in [0.25, 0.3) is 5.91 Å². The van der Waals surface area contributed by atoms with Crippen LogP contribution in [0.25, 0.3) is 11.1 Å². The average molecular weight is 422 g/mol. The number of rotatable bonds is 7. The van der Waals surface area contributed by atoms with E-state index in [1.54, 1.807) is 39.4 Å². The molecule has 4 heteroatoms. The Hall–Kier alpha value is -3.14. The molecule has 0 heterocycles. The van der Waals surface area contributed by atoms with Crippen molar-refractivity contribution in [1.29, 1.82) is 0 Å². The lowest BCUT2D eigenvalue weighted by Gasteiger charge is -2.17. The number of allylic oxidation sites excluding steroid dienone is 6. The highest BCUT2D eigenvalue weighted by Gasteiger charge is 2.21. The Morgan fingerprint density at radius 3 is 2.32 bits per heavy atom. The van der Waals surface area contributed by atoms with E-state index in [2.05, 4.69) is 26.0 Å². The van der Waals surface area contributed by atoms with Gasteiger partial charge in [0.05, 0.1) is 7.11 Å². The summed E-state index contributed by atoms with van der Waals surface area (Å²) in [5.41, 5.74) is 6.54. The van der Waals surface area contributed by atoms with Gasteiger partial charge in [-0.2, -0.15) is 0 Å². The first kappa shape index (κ1) is 24.1. The second-order valence-electron chi connectivity index (χ2n) is 7.86. The van der Waals surface area contributed by atoms with Crippen LogP contribution in [0.3, 0.4) is 0 Å². The Morgan fingerprint density at radius 1 is 1.06 bits per heavy atom. The van der Waals surface area contributed by atoms with Gasteiger partial charge in [-0.25, -0.2) is 4.39 Å². The zero-order valence-electron chi connectivity index (χ0n) is 19.5. The topological polar surface area (TPSA) is 29.5 Å². The number of hydrogen-bond acceptors (Lipinski definition) is 2. The van der Waals surface area contributed by atoms with E-state index in [0.29, 0.717) is 5.56 Å². The minimum atomic E-state index is -1.68. The van der Waals surface area contributed by atoms with Crippen LogP contribution in [0, 0.1) is 0 Å². The van der Waals surface area contributed by atoms with E-state index in [4.69, 9.17) is 4.74 Å². The number of alkyl halides is 1. The Bertz CT molecular complexity index is 1030. The predicted molar refractivity (Wildman–Crippen MR) is 128 cm³/mol. The molecular formula is C27H32FNO2. The van der Waals surface area contributed by atoms with Crippen molar-refractivity contribution in [1.82, 2.24) is 4.90 Å². The van der Waals surface area contributed by atoms with Gasteiger partial charge in [0, 0.05) is 19.7 Å². The molecule has 0 N–H and O–H groups in total. The van der Waals surface area contributed by atoms with E-state index in [9.17, 15) is 9.18 Å². The number of amides is 1. The summed E-state index contributed by atoms with van der Waals surface area (Å²) < 4.78 is 20.2. The Balaban J connectivity index is 2.49. The number of ether oxygens (including phenoxy) is 1. The summed E-state index contributed by atoms with van der Waals surface area (Å²) in [7, 11) is 4.78. The van der Waals surface area contributed by atoms with Gasteiger partial charge in [0.15, 0.2) is 0 Å². The molecule has 2 rings (SSSR count). The van der Waals surface area contributed by atoms with Crippen LogP contribution < -0.4 is 4.74 Å². The number of para-hydroxylation sites is 1. The van der Waals surface area contributed by atoms with E-state index in [-0.39, 0.29) is 0 Å². The first-order chi connectivity index (χ1) is 14.7. The van der Waals surface area contributed by atoms with Crippen LogP contribution in [-0.2, 0) is 4.79 Å². The van der Waals surface area contributed by atoms with Crippen LogP contribution in [0.5, 0.6) is 5.75 Å². The largest absolute Gasteiger partial charge is 0.496 e. The highest BCUT2D eigenvalue weighted by molar-refractivity contribution is 5.88. The van der Waals surface area contributed by atoms with Crippen LogP contribution in [0.15, 0.2) is 71.8 Å². The molecule has 0 bridgehead atoms. The lowest BCUT2D eigenvalue weighted by molar-refractivity contribution is -0.134. The van der Waals surface area contributed by atoms with Gasteiger partial charge in [-0.05, 0) is 67.7 Å². The average Bonchev–Trinajstić information content (AvgIpc) is 2.77. The number of hydrogen-bond donors (Lipinski definition) is 0. The van der Waals surface area contributed by atoms with E-state index < -0.39 is 12.1 Å². The van der Waals surface area contributed by atoms with Gasteiger partial charge in [0.1, 0.15) is 5.75 Å². The molecule has 1 atom stereocenters. The van der Waals surface area contributed by atoms with E-state index in [1.165, 1.54) is 4.90 Å².